The number of carbonyl (C=O) groups excluding carboxylic acids is 1. The first kappa shape index (κ1) is 28.8. The summed E-state index contributed by atoms with van der Waals surface area (Å²) in [5, 5.41) is 12.7. The maximum Gasteiger partial charge on any atom is 0.407 e. The molecule has 0 radical (unpaired) electrons. The summed E-state index contributed by atoms with van der Waals surface area (Å²) < 4.78 is 31.5. The molecule has 0 unspecified atom stereocenters. The predicted octanol–water partition coefficient (Wildman–Crippen LogP) is 3.29. The molecule has 0 atom stereocenters. The number of benzene rings is 2. The van der Waals surface area contributed by atoms with Gasteiger partial charge in [0.1, 0.15) is 12.4 Å². The van der Waals surface area contributed by atoms with Gasteiger partial charge in [-0.25, -0.2) is 9.18 Å². The van der Waals surface area contributed by atoms with Crippen molar-refractivity contribution in [1.82, 2.24) is 15.1 Å². The maximum absolute atomic E-state index is 14.8. The van der Waals surface area contributed by atoms with Gasteiger partial charge in [-0.3, -0.25) is 14.6 Å². The molecule has 9 nitrogen and oxygen atoms in total. The first-order valence-electron chi connectivity index (χ1n) is 12.0. The van der Waals surface area contributed by atoms with Crippen molar-refractivity contribution in [3.05, 3.63) is 70.0 Å². The van der Waals surface area contributed by atoms with Crippen molar-refractivity contribution in [2.75, 3.05) is 60.2 Å². The maximum atomic E-state index is 14.8. The number of nitrogens with zero attached hydrogens (tertiary/aromatic N) is 2. The van der Waals surface area contributed by atoms with Gasteiger partial charge in [-0.1, -0.05) is 35.9 Å². The molecule has 1 heterocycles. The number of methoxy groups -OCH3 is 2. The van der Waals surface area contributed by atoms with Gasteiger partial charge in [-0.2, -0.15) is 0 Å². The number of ether oxygens (including phenoxy) is 3. The molecule has 0 aliphatic carbocycles. The SMILES string of the molecule is COC(OC)(c1ccccc1F)c1cc(Cl)ccc1CNC(=O)CN(CCCN1CCOCC1)C(=O)O. The number of hydrogen-bond donors (Lipinski definition) is 2. The van der Waals surface area contributed by atoms with Crippen LogP contribution in [0, 0.1) is 5.82 Å². The number of halogens is 2. The van der Waals surface area contributed by atoms with Crippen LogP contribution < -0.4 is 5.32 Å². The monoisotopic (exact) mass is 537 g/mol. The minimum Gasteiger partial charge on any atom is -0.465 e. The van der Waals surface area contributed by atoms with Crippen molar-refractivity contribution in [3.63, 3.8) is 0 Å². The van der Waals surface area contributed by atoms with E-state index in [2.05, 4.69) is 10.2 Å². The Morgan fingerprint density at radius 3 is 2.51 bits per heavy atom. The lowest BCUT2D eigenvalue weighted by molar-refractivity contribution is -0.186. The molecule has 11 heteroatoms. The Morgan fingerprint density at radius 1 is 1.16 bits per heavy atom. The zero-order chi connectivity index (χ0) is 26.8. The highest BCUT2D eigenvalue weighted by Crippen LogP contribution is 2.38. The topological polar surface area (TPSA) is 101 Å². The molecule has 0 spiro atoms. The van der Waals surface area contributed by atoms with Gasteiger partial charge in [0, 0.05) is 57.5 Å². The van der Waals surface area contributed by atoms with Crippen molar-refractivity contribution in [2.24, 2.45) is 0 Å². The van der Waals surface area contributed by atoms with Crippen LogP contribution in [0.5, 0.6) is 0 Å². The van der Waals surface area contributed by atoms with E-state index in [9.17, 15) is 19.1 Å². The molecule has 1 aliphatic rings. The lowest BCUT2D eigenvalue weighted by atomic mass is 9.92. The zero-order valence-corrected chi connectivity index (χ0v) is 21.8. The van der Waals surface area contributed by atoms with Crippen LogP contribution in [-0.4, -0.2) is 87.1 Å². The molecule has 2 N–H and O–H groups in total. The van der Waals surface area contributed by atoms with E-state index in [4.69, 9.17) is 25.8 Å². The second-order valence-corrected chi connectivity index (χ2v) is 9.03. The quantitative estimate of drug-likeness (QED) is 0.401. The molecule has 1 fully saturated rings. The van der Waals surface area contributed by atoms with Crippen molar-refractivity contribution < 1.29 is 33.3 Å². The van der Waals surface area contributed by atoms with Gasteiger partial charge in [-0.05, 0) is 30.2 Å². The molecular formula is C26H33ClFN3O6. The third kappa shape index (κ3) is 7.39. The summed E-state index contributed by atoms with van der Waals surface area (Å²) in [5.74, 6) is -2.63. The number of morpholine rings is 1. The molecule has 202 valence electrons. The number of carbonyl (C=O) groups is 2. The van der Waals surface area contributed by atoms with Crippen molar-refractivity contribution in [3.8, 4) is 0 Å². The van der Waals surface area contributed by atoms with E-state index in [1.807, 2.05) is 0 Å². The predicted molar refractivity (Wildman–Crippen MR) is 136 cm³/mol. The molecule has 3 rings (SSSR count). The van der Waals surface area contributed by atoms with Crippen LogP contribution in [0.2, 0.25) is 5.02 Å². The third-order valence-corrected chi connectivity index (χ3v) is 6.55. The molecule has 0 saturated carbocycles. The molecule has 2 aromatic carbocycles. The Hall–Kier alpha value is -2.76. The van der Waals surface area contributed by atoms with E-state index in [1.54, 1.807) is 36.4 Å². The van der Waals surface area contributed by atoms with Crippen LogP contribution in [0.25, 0.3) is 0 Å². The van der Waals surface area contributed by atoms with Crippen molar-refractivity contribution in [1.29, 1.82) is 0 Å². The van der Waals surface area contributed by atoms with Crippen LogP contribution in [0.15, 0.2) is 42.5 Å². The van der Waals surface area contributed by atoms with Crippen LogP contribution in [0.4, 0.5) is 9.18 Å². The molecule has 37 heavy (non-hydrogen) atoms. The summed E-state index contributed by atoms with van der Waals surface area (Å²) in [6, 6.07) is 11.0. The van der Waals surface area contributed by atoms with Gasteiger partial charge in [0.2, 0.25) is 11.7 Å². The first-order chi connectivity index (χ1) is 17.8. The van der Waals surface area contributed by atoms with E-state index < -0.39 is 23.6 Å². The fourth-order valence-corrected chi connectivity index (χ4v) is 4.55. The van der Waals surface area contributed by atoms with E-state index in [0.29, 0.717) is 35.8 Å². The largest absolute Gasteiger partial charge is 0.465 e. The molecular weight excluding hydrogens is 505 g/mol. The Bertz CT molecular complexity index is 1060. The van der Waals surface area contributed by atoms with Crippen LogP contribution in [0.1, 0.15) is 23.1 Å². The summed E-state index contributed by atoms with van der Waals surface area (Å²) in [6.07, 6.45) is -0.560. The highest BCUT2D eigenvalue weighted by molar-refractivity contribution is 6.30. The second-order valence-electron chi connectivity index (χ2n) is 8.59. The number of hydrogen-bond acceptors (Lipinski definition) is 6. The lowest BCUT2D eigenvalue weighted by Crippen LogP contribution is -2.42. The van der Waals surface area contributed by atoms with E-state index in [0.717, 1.165) is 24.5 Å². The Labute approximate surface area is 221 Å². The Balaban J connectivity index is 1.70. The molecule has 1 saturated heterocycles. The summed E-state index contributed by atoms with van der Waals surface area (Å²) in [6.45, 7) is 3.64. The number of carboxylic acid groups (broad SMARTS) is 1. The standard InChI is InChI=1S/C26H33ClFN3O6/c1-35-26(36-2,21-6-3-4-7-23(21)28)22-16-20(27)9-8-19(22)17-29-24(32)18-31(25(33)34)11-5-10-30-12-14-37-15-13-30/h3-4,6-9,16H,5,10-15,17-18H2,1-2H3,(H,29,32)(H,33,34). The van der Waals surface area contributed by atoms with Gasteiger partial charge in [0.15, 0.2) is 0 Å². The van der Waals surface area contributed by atoms with Crippen molar-refractivity contribution in [2.45, 2.75) is 18.8 Å². The van der Waals surface area contributed by atoms with Crippen LogP contribution in [-0.2, 0) is 31.3 Å². The van der Waals surface area contributed by atoms with E-state index in [1.165, 1.54) is 20.3 Å². The molecule has 0 bridgehead atoms. The van der Waals surface area contributed by atoms with Gasteiger partial charge in [-0.15, -0.1) is 0 Å². The molecule has 0 aromatic heterocycles. The van der Waals surface area contributed by atoms with Gasteiger partial charge in [0.05, 0.1) is 18.8 Å². The summed E-state index contributed by atoms with van der Waals surface area (Å²) in [7, 11) is 2.78. The van der Waals surface area contributed by atoms with Crippen LogP contribution >= 0.6 is 11.6 Å². The molecule has 2 aromatic rings. The second kappa shape index (κ2) is 13.7. The van der Waals surface area contributed by atoms with E-state index >= 15 is 0 Å². The zero-order valence-electron chi connectivity index (χ0n) is 21.0. The Kier molecular flexibility index (Phi) is 10.7. The minimum absolute atomic E-state index is 0.0233. The average Bonchev–Trinajstić information content (AvgIpc) is 2.90. The first-order valence-corrected chi connectivity index (χ1v) is 12.4. The van der Waals surface area contributed by atoms with Gasteiger partial charge in [0.25, 0.3) is 0 Å². The highest BCUT2D eigenvalue weighted by atomic mass is 35.5. The number of amides is 2. The summed E-state index contributed by atoms with van der Waals surface area (Å²) in [5.41, 5.74) is 1.13. The number of nitrogens with one attached hydrogen (secondary N) is 1. The Morgan fingerprint density at radius 2 is 1.86 bits per heavy atom. The van der Waals surface area contributed by atoms with Gasteiger partial charge >= 0.3 is 6.09 Å². The highest BCUT2D eigenvalue weighted by Gasteiger charge is 2.39. The van der Waals surface area contributed by atoms with Gasteiger partial charge < -0.3 is 24.6 Å². The summed E-state index contributed by atoms with van der Waals surface area (Å²) in [4.78, 5) is 27.7. The fourth-order valence-electron chi connectivity index (χ4n) is 4.38. The lowest BCUT2D eigenvalue weighted by Gasteiger charge is -2.34. The molecule has 1 aliphatic heterocycles. The summed E-state index contributed by atoms with van der Waals surface area (Å²) >= 11 is 6.26. The third-order valence-electron chi connectivity index (χ3n) is 6.32. The minimum atomic E-state index is -1.62. The normalized spacial score (nSPS) is 14.4. The van der Waals surface area contributed by atoms with Crippen molar-refractivity contribution >= 4 is 23.6 Å². The average molecular weight is 538 g/mol. The van der Waals surface area contributed by atoms with Crippen LogP contribution in [0.3, 0.4) is 0 Å². The van der Waals surface area contributed by atoms with E-state index in [-0.39, 0.29) is 25.2 Å². The molecule has 2 amide bonds. The number of rotatable bonds is 12. The smallest absolute Gasteiger partial charge is 0.407 e. The fraction of sp³-hybridized carbons (Fsp3) is 0.462.